The Bertz CT molecular complexity index is 504. The van der Waals surface area contributed by atoms with Crippen LogP contribution in [0.5, 0.6) is 0 Å². The highest BCUT2D eigenvalue weighted by atomic mass is 14.9. The van der Waals surface area contributed by atoms with Gasteiger partial charge < -0.3 is 0 Å². The Balaban J connectivity index is 2.36. The van der Waals surface area contributed by atoms with Gasteiger partial charge in [-0.1, -0.05) is 12.1 Å². The van der Waals surface area contributed by atoms with Crippen LogP contribution in [-0.2, 0) is 0 Å². The minimum absolute atomic E-state index is 0.755. The van der Waals surface area contributed by atoms with Gasteiger partial charge in [-0.3, -0.25) is 4.98 Å². The lowest BCUT2D eigenvalue weighted by molar-refractivity contribution is 1.21. The summed E-state index contributed by atoms with van der Waals surface area (Å²) in [7, 11) is 0. The zero-order valence-corrected chi connectivity index (χ0v) is 9.38. The number of nitrogens with zero attached hydrogens (tertiary/aromatic N) is 3. The fraction of sp³-hybridized carbons (Fsp3) is 0.154. The van der Waals surface area contributed by atoms with Gasteiger partial charge in [0, 0.05) is 12.4 Å². The predicted molar refractivity (Wildman–Crippen MR) is 65.1 cm³/mol. The van der Waals surface area contributed by atoms with Crippen LogP contribution in [0, 0.1) is 6.92 Å². The van der Waals surface area contributed by atoms with Gasteiger partial charge in [0.15, 0.2) is 5.82 Å². The maximum Gasteiger partial charge on any atom is 0.155 e. The number of aryl methyl sites for hydroxylation is 1. The molecule has 2 heterocycles. The minimum atomic E-state index is 0.755. The Labute approximate surface area is 94.9 Å². The van der Waals surface area contributed by atoms with E-state index in [1.54, 1.807) is 12.4 Å². The van der Waals surface area contributed by atoms with Crippen LogP contribution in [0.1, 0.15) is 18.2 Å². The molecule has 0 radical (unpaired) electrons. The Kier molecular flexibility index (Phi) is 3.05. The van der Waals surface area contributed by atoms with E-state index in [4.69, 9.17) is 0 Å². The summed E-state index contributed by atoms with van der Waals surface area (Å²) in [4.78, 5) is 12.9. The third-order valence-corrected chi connectivity index (χ3v) is 2.29. The topological polar surface area (TPSA) is 38.1 Å². The normalized spacial score (nSPS) is 11.5. The summed E-state index contributed by atoms with van der Waals surface area (Å²) in [6, 6.07) is 9.69. The highest BCUT2D eigenvalue weighted by molar-refractivity contribution is 5.98. The van der Waals surface area contributed by atoms with E-state index < -0.39 is 0 Å². The van der Waals surface area contributed by atoms with Gasteiger partial charge in [0.05, 0.1) is 11.4 Å². The predicted octanol–water partition coefficient (Wildman–Crippen LogP) is 2.93. The molecule has 2 rings (SSSR count). The van der Waals surface area contributed by atoms with E-state index in [-0.39, 0.29) is 0 Å². The zero-order valence-electron chi connectivity index (χ0n) is 9.38. The van der Waals surface area contributed by atoms with Crippen LogP contribution in [0.3, 0.4) is 0 Å². The molecule has 0 atom stereocenters. The van der Waals surface area contributed by atoms with Crippen LogP contribution in [-0.4, -0.2) is 15.7 Å². The van der Waals surface area contributed by atoms with E-state index in [9.17, 15) is 0 Å². The smallest absolute Gasteiger partial charge is 0.155 e. The third kappa shape index (κ3) is 2.31. The second-order valence-electron chi connectivity index (χ2n) is 3.56. The Morgan fingerprint density at radius 2 is 1.88 bits per heavy atom. The van der Waals surface area contributed by atoms with Gasteiger partial charge in [0.2, 0.25) is 0 Å². The second-order valence-corrected chi connectivity index (χ2v) is 3.56. The van der Waals surface area contributed by atoms with Crippen molar-refractivity contribution in [3.8, 4) is 0 Å². The summed E-state index contributed by atoms with van der Waals surface area (Å²) in [6.45, 7) is 3.94. The summed E-state index contributed by atoms with van der Waals surface area (Å²) < 4.78 is 0. The van der Waals surface area contributed by atoms with Crippen molar-refractivity contribution in [3.63, 3.8) is 0 Å². The molecule has 2 aromatic heterocycles. The molecule has 2 aromatic rings. The monoisotopic (exact) mass is 211 g/mol. The molecule has 0 N–H and O–H groups in total. The molecule has 3 nitrogen and oxygen atoms in total. The molecule has 0 spiro atoms. The van der Waals surface area contributed by atoms with Crippen molar-refractivity contribution in [3.05, 3.63) is 54.0 Å². The summed E-state index contributed by atoms with van der Waals surface area (Å²) >= 11 is 0. The van der Waals surface area contributed by atoms with Crippen molar-refractivity contribution >= 4 is 11.5 Å². The van der Waals surface area contributed by atoms with Crippen LogP contribution in [0.15, 0.2) is 47.7 Å². The van der Waals surface area contributed by atoms with Crippen LogP contribution in [0.25, 0.3) is 0 Å². The average Bonchev–Trinajstić information content (AvgIpc) is 2.33. The van der Waals surface area contributed by atoms with E-state index in [0.29, 0.717) is 0 Å². The molecule has 0 unspecified atom stereocenters. The lowest BCUT2D eigenvalue weighted by Crippen LogP contribution is -1.97. The van der Waals surface area contributed by atoms with Gasteiger partial charge in [0.25, 0.3) is 0 Å². The summed E-state index contributed by atoms with van der Waals surface area (Å²) in [5.41, 5.74) is 2.83. The van der Waals surface area contributed by atoms with E-state index in [0.717, 1.165) is 22.8 Å². The van der Waals surface area contributed by atoms with Crippen LogP contribution < -0.4 is 0 Å². The minimum Gasteiger partial charge on any atom is -0.255 e. The van der Waals surface area contributed by atoms with Crippen LogP contribution in [0.4, 0.5) is 5.82 Å². The number of aliphatic imine (C=N–C) groups is 1. The van der Waals surface area contributed by atoms with Crippen molar-refractivity contribution < 1.29 is 0 Å². The second kappa shape index (κ2) is 4.66. The van der Waals surface area contributed by atoms with Gasteiger partial charge in [-0.15, -0.1) is 0 Å². The summed E-state index contributed by atoms with van der Waals surface area (Å²) in [6.07, 6.45) is 3.51. The van der Waals surface area contributed by atoms with E-state index in [1.807, 2.05) is 44.2 Å². The maximum absolute atomic E-state index is 4.47. The van der Waals surface area contributed by atoms with Crippen LogP contribution >= 0.6 is 0 Å². The van der Waals surface area contributed by atoms with Crippen molar-refractivity contribution in [1.29, 1.82) is 0 Å². The fourth-order valence-corrected chi connectivity index (χ4v) is 1.39. The quantitative estimate of drug-likeness (QED) is 0.716. The van der Waals surface area contributed by atoms with Crippen molar-refractivity contribution in [2.75, 3.05) is 0 Å². The molecule has 0 saturated carbocycles. The summed E-state index contributed by atoms with van der Waals surface area (Å²) in [5, 5.41) is 0. The Morgan fingerprint density at radius 3 is 2.56 bits per heavy atom. The van der Waals surface area contributed by atoms with E-state index in [1.165, 1.54) is 0 Å². The molecule has 0 bridgehead atoms. The van der Waals surface area contributed by atoms with Gasteiger partial charge in [-0.2, -0.15) is 0 Å². The first-order chi connectivity index (χ1) is 7.77. The highest BCUT2D eigenvalue weighted by Crippen LogP contribution is 2.14. The molecular weight excluding hydrogens is 198 g/mol. The Morgan fingerprint density at radius 1 is 1.06 bits per heavy atom. The molecule has 80 valence electrons. The summed E-state index contributed by atoms with van der Waals surface area (Å²) in [5.74, 6) is 0.755. The molecule has 0 aliphatic heterocycles. The van der Waals surface area contributed by atoms with Crippen molar-refractivity contribution in [2.45, 2.75) is 13.8 Å². The first-order valence-electron chi connectivity index (χ1n) is 5.15. The molecular formula is C13H13N3. The Hall–Kier alpha value is -2.03. The third-order valence-electron chi connectivity index (χ3n) is 2.29. The molecule has 0 fully saturated rings. The van der Waals surface area contributed by atoms with E-state index in [2.05, 4.69) is 15.0 Å². The zero-order chi connectivity index (χ0) is 11.4. The lowest BCUT2D eigenvalue weighted by Gasteiger charge is -2.01. The number of hydrogen-bond donors (Lipinski definition) is 0. The lowest BCUT2D eigenvalue weighted by atomic mass is 10.2. The first-order valence-corrected chi connectivity index (χ1v) is 5.15. The molecule has 16 heavy (non-hydrogen) atoms. The standard InChI is InChI=1S/C13H13N3/c1-10-6-5-9-15-13(10)16-11(2)12-7-3-4-8-14-12/h3-9H,1-2H3/b16-11-. The fourth-order valence-electron chi connectivity index (χ4n) is 1.39. The van der Waals surface area contributed by atoms with Gasteiger partial charge in [-0.25, -0.2) is 9.98 Å². The molecule has 0 aliphatic carbocycles. The van der Waals surface area contributed by atoms with Gasteiger partial charge in [0.1, 0.15) is 0 Å². The number of rotatable bonds is 2. The van der Waals surface area contributed by atoms with E-state index >= 15 is 0 Å². The number of aromatic nitrogens is 2. The molecule has 3 heteroatoms. The van der Waals surface area contributed by atoms with Crippen molar-refractivity contribution in [2.24, 2.45) is 4.99 Å². The maximum atomic E-state index is 4.47. The average molecular weight is 211 g/mol. The molecule has 0 aliphatic rings. The highest BCUT2D eigenvalue weighted by Gasteiger charge is 2.00. The number of hydrogen-bond acceptors (Lipinski definition) is 3. The van der Waals surface area contributed by atoms with Gasteiger partial charge in [-0.05, 0) is 37.6 Å². The van der Waals surface area contributed by atoms with Gasteiger partial charge >= 0.3 is 0 Å². The first kappa shape index (κ1) is 10.5. The van der Waals surface area contributed by atoms with Crippen molar-refractivity contribution in [1.82, 2.24) is 9.97 Å². The van der Waals surface area contributed by atoms with Crippen LogP contribution in [0.2, 0.25) is 0 Å². The largest absolute Gasteiger partial charge is 0.255 e. The molecule has 0 aromatic carbocycles. The molecule has 0 amide bonds. The SMILES string of the molecule is C/C(=N/c1ncccc1C)c1ccccn1. The molecule has 0 saturated heterocycles. The number of pyridine rings is 2.